The van der Waals surface area contributed by atoms with Crippen LogP contribution in [-0.4, -0.2) is 40.3 Å². The van der Waals surface area contributed by atoms with Crippen molar-refractivity contribution in [2.45, 2.75) is 64.0 Å². The Morgan fingerprint density at radius 2 is 2.09 bits per heavy atom. The zero-order chi connectivity index (χ0) is 16.4. The first kappa shape index (κ1) is 16.6. The van der Waals surface area contributed by atoms with Gasteiger partial charge in [0.05, 0.1) is 6.42 Å². The van der Waals surface area contributed by atoms with Crippen LogP contribution in [0.4, 0.5) is 0 Å². The largest absolute Gasteiger partial charge is 0.344 e. The molecule has 1 saturated heterocycles. The van der Waals surface area contributed by atoms with Gasteiger partial charge in [-0.15, -0.1) is 11.3 Å². The Balaban J connectivity index is 1.56. The summed E-state index contributed by atoms with van der Waals surface area (Å²) in [6.07, 6.45) is 6.93. The van der Waals surface area contributed by atoms with Gasteiger partial charge in [0.25, 0.3) is 0 Å². The SMILES string of the molecule is Cc1[nH]c(=S)sc1CC(=O)N[C@@H]1CCN(C2CCCCC2)C1=O. The van der Waals surface area contributed by atoms with Crippen LogP contribution in [0.1, 0.15) is 49.1 Å². The van der Waals surface area contributed by atoms with E-state index in [2.05, 4.69) is 10.3 Å². The molecular formula is C16H23N3O2S2. The second-order valence-corrected chi connectivity index (χ2v) is 8.24. The summed E-state index contributed by atoms with van der Waals surface area (Å²) in [5, 5.41) is 2.91. The molecule has 2 amide bonds. The molecule has 2 heterocycles. The van der Waals surface area contributed by atoms with Gasteiger partial charge < -0.3 is 15.2 Å². The summed E-state index contributed by atoms with van der Waals surface area (Å²) in [6.45, 7) is 2.69. The van der Waals surface area contributed by atoms with Crippen LogP contribution in [0.2, 0.25) is 0 Å². The fraction of sp³-hybridized carbons (Fsp3) is 0.688. The van der Waals surface area contributed by atoms with Crippen LogP contribution in [0.5, 0.6) is 0 Å². The quantitative estimate of drug-likeness (QED) is 0.818. The number of H-pyrrole nitrogens is 1. The van der Waals surface area contributed by atoms with Crippen LogP contribution in [0.25, 0.3) is 0 Å². The molecule has 2 N–H and O–H groups in total. The van der Waals surface area contributed by atoms with E-state index in [0.29, 0.717) is 10.00 Å². The lowest BCUT2D eigenvalue weighted by molar-refractivity contribution is -0.134. The van der Waals surface area contributed by atoms with E-state index in [-0.39, 0.29) is 24.3 Å². The molecule has 1 aliphatic carbocycles. The number of aromatic amines is 1. The monoisotopic (exact) mass is 353 g/mol. The molecule has 5 nitrogen and oxygen atoms in total. The van der Waals surface area contributed by atoms with Crippen LogP contribution in [0.15, 0.2) is 0 Å². The zero-order valence-corrected chi connectivity index (χ0v) is 15.0. The summed E-state index contributed by atoms with van der Waals surface area (Å²) < 4.78 is 0.686. The minimum Gasteiger partial charge on any atom is -0.344 e. The van der Waals surface area contributed by atoms with Gasteiger partial charge in [-0.2, -0.15) is 0 Å². The number of amides is 2. The first-order valence-corrected chi connectivity index (χ1v) is 9.55. The Bertz CT molecular complexity index is 646. The number of nitrogens with one attached hydrogen (secondary N) is 2. The van der Waals surface area contributed by atoms with Crippen molar-refractivity contribution in [1.82, 2.24) is 15.2 Å². The van der Waals surface area contributed by atoms with Gasteiger partial charge in [-0.1, -0.05) is 19.3 Å². The second kappa shape index (κ2) is 7.13. The normalized spacial score (nSPS) is 22.6. The van der Waals surface area contributed by atoms with Crippen molar-refractivity contribution in [1.29, 1.82) is 0 Å². The van der Waals surface area contributed by atoms with E-state index in [0.717, 1.165) is 36.4 Å². The maximum Gasteiger partial charge on any atom is 0.245 e. The maximum atomic E-state index is 12.6. The van der Waals surface area contributed by atoms with E-state index in [1.165, 1.54) is 30.6 Å². The molecule has 2 fully saturated rings. The Labute approximate surface area is 145 Å². The van der Waals surface area contributed by atoms with Crippen LogP contribution in [-0.2, 0) is 16.0 Å². The lowest BCUT2D eigenvalue weighted by atomic mass is 9.94. The highest BCUT2D eigenvalue weighted by Gasteiger charge is 2.36. The number of hydrogen-bond acceptors (Lipinski definition) is 4. The Hall–Kier alpha value is -1.21. The molecule has 1 aromatic rings. The van der Waals surface area contributed by atoms with Crippen LogP contribution < -0.4 is 5.32 Å². The van der Waals surface area contributed by atoms with Crippen molar-refractivity contribution in [2.24, 2.45) is 0 Å². The Morgan fingerprint density at radius 1 is 1.35 bits per heavy atom. The van der Waals surface area contributed by atoms with Gasteiger partial charge in [0.2, 0.25) is 11.8 Å². The smallest absolute Gasteiger partial charge is 0.245 e. The molecule has 0 unspecified atom stereocenters. The number of carbonyl (C=O) groups is 2. The van der Waals surface area contributed by atoms with E-state index in [4.69, 9.17) is 12.2 Å². The van der Waals surface area contributed by atoms with Crippen LogP contribution in [0.3, 0.4) is 0 Å². The average molecular weight is 354 g/mol. The number of nitrogens with zero attached hydrogens (tertiary/aromatic N) is 1. The fourth-order valence-corrected chi connectivity index (χ4v) is 4.88. The number of aromatic nitrogens is 1. The molecule has 1 aliphatic heterocycles. The van der Waals surface area contributed by atoms with Crippen molar-refractivity contribution in [2.75, 3.05) is 6.54 Å². The highest BCUT2D eigenvalue weighted by atomic mass is 32.1. The highest BCUT2D eigenvalue weighted by molar-refractivity contribution is 7.73. The molecule has 7 heteroatoms. The Morgan fingerprint density at radius 3 is 2.74 bits per heavy atom. The number of thiazole rings is 1. The molecule has 0 radical (unpaired) electrons. The topological polar surface area (TPSA) is 65.2 Å². The summed E-state index contributed by atoms with van der Waals surface area (Å²) in [7, 11) is 0. The van der Waals surface area contributed by atoms with E-state index in [1.807, 2.05) is 11.8 Å². The van der Waals surface area contributed by atoms with Gasteiger partial charge in [-0.25, -0.2) is 0 Å². The zero-order valence-electron chi connectivity index (χ0n) is 13.4. The highest BCUT2D eigenvalue weighted by Crippen LogP contribution is 2.26. The summed E-state index contributed by atoms with van der Waals surface area (Å²) in [5.41, 5.74) is 0.941. The standard InChI is InChI=1S/C16H23N3O2S2/c1-10-13(23-16(22)17-10)9-14(20)18-12-7-8-19(15(12)21)11-5-3-2-4-6-11/h11-12H,2-9H2,1H3,(H,17,22)(H,18,20)/t12-/m1/s1. The molecule has 23 heavy (non-hydrogen) atoms. The first-order chi connectivity index (χ1) is 11.0. The van der Waals surface area contributed by atoms with Gasteiger partial charge in [-0.3, -0.25) is 9.59 Å². The second-order valence-electron chi connectivity index (χ2n) is 6.47. The molecule has 1 atom stereocenters. The molecule has 0 bridgehead atoms. The summed E-state index contributed by atoms with van der Waals surface area (Å²) in [5.74, 6) is 0.00543. The van der Waals surface area contributed by atoms with Gasteiger partial charge in [0.1, 0.15) is 6.04 Å². The number of aryl methyl sites for hydroxylation is 1. The van der Waals surface area contributed by atoms with Crippen LogP contribution in [0, 0.1) is 10.9 Å². The molecule has 2 aliphatic rings. The molecule has 0 spiro atoms. The minimum atomic E-state index is -0.350. The third-order valence-corrected chi connectivity index (χ3v) is 6.17. The van der Waals surface area contributed by atoms with E-state index in [1.54, 1.807) is 0 Å². The number of likely N-dealkylation sites (tertiary alicyclic amines) is 1. The van der Waals surface area contributed by atoms with E-state index < -0.39 is 0 Å². The van der Waals surface area contributed by atoms with Crippen molar-refractivity contribution in [3.63, 3.8) is 0 Å². The third-order valence-electron chi connectivity index (χ3n) is 4.84. The minimum absolute atomic E-state index is 0.0952. The number of hydrogen-bond donors (Lipinski definition) is 2. The molecule has 0 aromatic carbocycles. The van der Waals surface area contributed by atoms with E-state index in [9.17, 15) is 9.59 Å². The Kier molecular flexibility index (Phi) is 5.16. The number of rotatable bonds is 4. The molecule has 1 aromatic heterocycles. The average Bonchev–Trinajstić information content (AvgIpc) is 3.03. The fourth-order valence-electron chi connectivity index (χ4n) is 3.59. The van der Waals surface area contributed by atoms with Gasteiger partial charge in [-0.05, 0) is 38.4 Å². The molecule has 1 saturated carbocycles. The molecule has 126 valence electrons. The first-order valence-electron chi connectivity index (χ1n) is 8.33. The summed E-state index contributed by atoms with van der Waals surface area (Å²) in [4.78, 5) is 30.8. The lowest BCUT2D eigenvalue weighted by Gasteiger charge is -2.31. The van der Waals surface area contributed by atoms with Crippen molar-refractivity contribution < 1.29 is 9.59 Å². The van der Waals surface area contributed by atoms with Crippen molar-refractivity contribution >= 4 is 35.4 Å². The van der Waals surface area contributed by atoms with Crippen molar-refractivity contribution in [3.05, 3.63) is 14.5 Å². The van der Waals surface area contributed by atoms with Crippen LogP contribution >= 0.6 is 23.6 Å². The van der Waals surface area contributed by atoms with Gasteiger partial charge >= 0.3 is 0 Å². The predicted molar refractivity (Wildman–Crippen MR) is 93.1 cm³/mol. The van der Waals surface area contributed by atoms with Crippen molar-refractivity contribution in [3.8, 4) is 0 Å². The van der Waals surface area contributed by atoms with Gasteiger partial charge in [0, 0.05) is 23.2 Å². The molecular weight excluding hydrogens is 330 g/mol. The van der Waals surface area contributed by atoms with Gasteiger partial charge in [0.15, 0.2) is 3.95 Å². The number of carbonyl (C=O) groups excluding carboxylic acids is 2. The maximum absolute atomic E-state index is 12.6. The lowest BCUT2D eigenvalue weighted by Crippen LogP contribution is -2.45. The predicted octanol–water partition coefficient (Wildman–Crippen LogP) is 2.71. The summed E-state index contributed by atoms with van der Waals surface area (Å²) >= 11 is 6.52. The third kappa shape index (κ3) is 3.83. The molecule has 3 rings (SSSR count). The summed E-state index contributed by atoms with van der Waals surface area (Å²) in [6, 6.07) is 0.0340. The van der Waals surface area contributed by atoms with E-state index >= 15 is 0 Å².